The van der Waals surface area contributed by atoms with E-state index >= 15 is 0 Å². The third kappa shape index (κ3) is 3.51. The molecule has 1 saturated heterocycles. The molecule has 0 aliphatic carbocycles. The Balaban J connectivity index is 1.49. The summed E-state index contributed by atoms with van der Waals surface area (Å²) >= 11 is 0. The molecular weight excluding hydrogens is 428 g/mol. The van der Waals surface area contributed by atoms with Crippen molar-refractivity contribution in [3.63, 3.8) is 0 Å². The fourth-order valence-corrected chi connectivity index (χ4v) is 4.91. The van der Waals surface area contributed by atoms with Crippen LogP contribution in [0.2, 0.25) is 0 Å². The Morgan fingerprint density at radius 3 is 2.71 bits per heavy atom. The van der Waals surface area contributed by atoms with Crippen LogP contribution in [0.5, 0.6) is 0 Å². The zero-order valence-corrected chi connectivity index (χ0v) is 19.3. The van der Waals surface area contributed by atoms with E-state index in [-0.39, 0.29) is 12.1 Å². The predicted octanol–water partition coefficient (Wildman–Crippen LogP) is 3.42. The zero-order valence-electron chi connectivity index (χ0n) is 19.3. The number of benzene rings is 2. The van der Waals surface area contributed by atoms with E-state index in [4.69, 9.17) is 14.7 Å². The lowest BCUT2D eigenvalue weighted by molar-refractivity contribution is 0.186. The second kappa shape index (κ2) is 8.22. The maximum absolute atomic E-state index is 13.5. The summed E-state index contributed by atoms with van der Waals surface area (Å²) in [6.45, 7) is 4.66. The normalized spacial score (nSPS) is 16.1. The zero-order chi connectivity index (χ0) is 23.2. The summed E-state index contributed by atoms with van der Waals surface area (Å²) in [5.74, 6) is 1.96. The molecule has 5 aromatic rings. The van der Waals surface area contributed by atoms with E-state index in [1.807, 2.05) is 60.0 Å². The minimum Gasteiger partial charge on any atom is -0.381 e. The smallest absolute Gasteiger partial charge is 0.262 e. The van der Waals surface area contributed by atoms with E-state index in [0.717, 1.165) is 59.8 Å². The Morgan fingerprint density at radius 2 is 1.88 bits per heavy atom. The second-order valence-corrected chi connectivity index (χ2v) is 9.05. The van der Waals surface area contributed by atoms with Crippen LogP contribution in [-0.2, 0) is 11.3 Å². The highest BCUT2D eigenvalue weighted by Crippen LogP contribution is 2.26. The number of nitrogens with zero attached hydrogens (tertiary/aromatic N) is 6. The standard InChI is InChI=1S/C26H26N6O2/c1-17-13-24-31(26(33)20-8-4-6-10-22(20)32(24)29-17)15-23-27-21-9-5-3-7-19(21)25(28-23)30(2)14-18-11-12-34-16-18/h3-10,13,18H,11-12,14-16H2,1-2H3. The number of hydrogen-bond donors (Lipinski definition) is 0. The SMILES string of the molecule is Cc1cc2n(Cc3nc(N(C)CC4CCOC4)c4ccccc4n3)c(=O)c3ccccc3n2n1. The summed E-state index contributed by atoms with van der Waals surface area (Å²) in [4.78, 5) is 25.5. The summed E-state index contributed by atoms with van der Waals surface area (Å²) in [7, 11) is 2.07. The number of ether oxygens (including phenoxy) is 1. The number of anilines is 1. The summed E-state index contributed by atoms with van der Waals surface area (Å²) in [5, 5.41) is 6.26. The van der Waals surface area contributed by atoms with Crippen molar-refractivity contribution in [2.45, 2.75) is 19.9 Å². The van der Waals surface area contributed by atoms with E-state index < -0.39 is 0 Å². The number of rotatable bonds is 5. The van der Waals surface area contributed by atoms with Gasteiger partial charge in [0, 0.05) is 37.6 Å². The molecule has 0 N–H and O–H groups in total. The van der Waals surface area contributed by atoms with Crippen LogP contribution in [0.25, 0.3) is 27.5 Å². The lowest BCUT2D eigenvalue weighted by Gasteiger charge is -2.23. The Hall–Kier alpha value is -3.78. The maximum atomic E-state index is 13.5. The first-order chi connectivity index (χ1) is 16.6. The number of aromatic nitrogens is 5. The van der Waals surface area contributed by atoms with Gasteiger partial charge in [0.15, 0.2) is 5.82 Å². The molecule has 0 amide bonds. The average Bonchev–Trinajstić information content (AvgIpc) is 3.50. The topological polar surface area (TPSA) is 77.6 Å². The molecule has 8 nitrogen and oxygen atoms in total. The highest BCUT2D eigenvalue weighted by atomic mass is 16.5. The van der Waals surface area contributed by atoms with Crippen LogP contribution in [0.1, 0.15) is 17.9 Å². The summed E-state index contributed by atoms with van der Waals surface area (Å²) in [5.41, 5.74) is 3.17. The summed E-state index contributed by atoms with van der Waals surface area (Å²) in [6.07, 6.45) is 1.06. The summed E-state index contributed by atoms with van der Waals surface area (Å²) in [6, 6.07) is 17.5. The van der Waals surface area contributed by atoms with Gasteiger partial charge in [-0.2, -0.15) is 5.10 Å². The first-order valence-corrected chi connectivity index (χ1v) is 11.6. The van der Waals surface area contributed by atoms with Gasteiger partial charge in [0.05, 0.1) is 35.3 Å². The molecule has 4 heterocycles. The van der Waals surface area contributed by atoms with Crippen molar-refractivity contribution in [1.82, 2.24) is 24.1 Å². The largest absolute Gasteiger partial charge is 0.381 e. The fourth-order valence-electron chi connectivity index (χ4n) is 4.91. The van der Waals surface area contributed by atoms with Gasteiger partial charge in [-0.05, 0) is 37.6 Å². The Labute approximate surface area is 196 Å². The van der Waals surface area contributed by atoms with Gasteiger partial charge in [-0.25, -0.2) is 14.5 Å². The Kier molecular flexibility index (Phi) is 5.03. The van der Waals surface area contributed by atoms with Gasteiger partial charge in [0.2, 0.25) is 0 Å². The van der Waals surface area contributed by atoms with Crippen LogP contribution in [-0.4, -0.2) is 51.0 Å². The fraction of sp³-hybridized carbons (Fsp3) is 0.308. The first-order valence-electron chi connectivity index (χ1n) is 11.6. The van der Waals surface area contributed by atoms with Gasteiger partial charge < -0.3 is 9.64 Å². The molecule has 0 radical (unpaired) electrons. The van der Waals surface area contributed by atoms with E-state index in [2.05, 4.69) is 23.1 Å². The molecule has 1 atom stereocenters. The van der Waals surface area contributed by atoms with Crippen molar-refractivity contribution in [2.75, 3.05) is 31.7 Å². The predicted molar refractivity (Wildman–Crippen MR) is 133 cm³/mol. The van der Waals surface area contributed by atoms with Crippen molar-refractivity contribution < 1.29 is 4.74 Å². The van der Waals surface area contributed by atoms with Crippen molar-refractivity contribution in [3.8, 4) is 0 Å². The molecule has 0 bridgehead atoms. The van der Waals surface area contributed by atoms with Crippen molar-refractivity contribution >= 4 is 33.3 Å². The van der Waals surface area contributed by atoms with Crippen LogP contribution in [0.15, 0.2) is 59.4 Å². The van der Waals surface area contributed by atoms with Gasteiger partial charge in [0.25, 0.3) is 5.56 Å². The van der Waals surface area contributed by atoms with Crippen LogP contribution >= 0.6 is 0 Å². The van der Waals surface area contributed by atoms with Gasteiger partial charge in [-0.15, -0.1) is 0 Å². The molecule has 2 aromatic carbocycles. The molecule has 0 spiro atoms. The maximum Gasteiger partial charge on any atom is 0.262 e. The van der Waals surface area contributed by atoms with E-state index in [1.54, 1.807) is 4.57 Å². The number of aryl methyl sites for hydroxylation is 1. The third-order valence-electron chi connectivity index (χ3n) is 6.54. The molecule has 1 fully saturated rings. The third-order valence-corrected chi connectivity index (χ3v) is 6.54. The van der Waals surface area contributed by atoms with Gasteiger partial charge in [-0.1, -0.05) is 24.3 Å². The molecule has 34 heavy (non-hydrogen) atoms. The Morgan fingerprint density at radius 1 is 1.09 bits per heavy atom. The molecule has 3 aromatic heterocycles. The Bertz CT molecular complexity index is 1580. The second-order valence-electron chi connectivity index (χ2n) is 9.05. The summed E-state index contributed by atoms with van der Waals surface area (Å²) < 4.78 is 9.13. The van der Waals surface area contributed by atoms with Crippen LogP contribution in [0.4, 0.5) is 5.82 Å². The van der Waals surface area contributed by atoms with Crippen molar-refractivity contribution in [1.29, 1.82) is 0 Å². The van der Waals surface area contributed by atoms with E-state index in [1.165, 1.54) is 0 Å². The molecule has 1 aliphatic rings. The first kappa shape index (κ1) is 20.8. The van der Waals surface area contributed by atoms with Gasteiger partial charge in [-0.3, -0.25) is 9.36 Å². The molecule has 172 valence electrons. The highest BCUT2D eigenvalue weighted by Gasteiger charge is 2.21. The van der Waals surface area contributed by atoms with Crippen molar-refractivity contribution in [3.05, 3.63) is 76.5 Å². The molecule has 8 heteroatoms. The average molecular weight is 455 g/mol. The minimum atomic E-state index is -0.0715. The van der Waals surface area contributed by atoms with Crippen LogP contribution in [0, 0.1) is 12.8 Å². The van der Waals surface area contributed by atoms with Crippen LogP contribution < -0.4 is 10.5 Å². The van der Waals surface area contributed by atoms with Crippen molar-refractivity contribution in [2.24, 2.45) is 5.92 Å². The number of para-hydroxylation sites is 2. The lowest BCUT2D eigenvalue weighted by Crippen LogP contribution is -2.28. The number of hydrogen-bond acceptors (Lipinski definition) is 6. The molecule has 6 rings (SSSR count). The van der Waals surface area contributed by atoms with Crippen LogP contribution in [0.3, 0.4) is 0 Å². The van der Waals surface area contributed by atoms with E-state index in [0.29, 0.717) is 17.1 Å². The van der Waals surface area contributed by atoms with Gasteiger partial charge >= 0.3 is 0 Å². The highest BCUT2D eigenvalue weighted by molar-refractivity contribution is 5.89. The monoisotopic (exact) mass is 454 g/mol. The quantitative estimate of drug-likeness (QED) is 0.405. The number of fused-ring (bicyclic) bond motifs is 4. The molecule has 1 aliphatic heterocycles. The molecule has 0 saturated carbocycles. The molecule has 1 unspecified atom stereocenters. The van der Waals surface area contributed by atoms with E-state index in [9.17, 15) is 4.79 Å². The molecular formula is C26H26N6O2. The minimum absolute atomic E-state index is 0.0715. The lowest BCUT2D eigenvalue weighted by atomic mass is 10.1. The van der Waals surface area contributed by atoms with Gasteiger partial charge in [0.1, 0.15) is 11.5 Å².